The molecule has 6 aliphatic carbocycles. The van der Waals surface area contributed by atoms with Crippen molar-refractivity contribution in [1.29, 1.82) is 0 Å². The van der Waals surface area contributed by atoms with Crippen molar-refractivity contribution >= 4 is 17.8 Å². The van der Waals surface area contributed by atoms with Gasteiger partial charge in [0.2, 0.25) is 11.8 Å². The lowest BCUT2D eigenvalue weighted by Gasteiger charge is -2.72. The van der Waals surface area contributed by atoms with Crippen molar-refractivity contribution in [2.75, 3.05) is 32.9 Å². The number of allylic oxidation sites excluding steroid dienone is 5. The highest BCUT2D eigenvalue weighted by Gasteiger charge is 2.70. The second kappa shape index (κ2) is 13.5. The van der Waals surface area contributed by atoms with E-state index in [1.54, 1.807) is 11.8 Å². The standard InChI is InChI=1S/C47H72FN3O4/c1-30(2)33-15-22-47(49-25-26-50-27-28-51(31(3)52)42(6,7)39(50)53)24-23-44(9)35(38(33)47)11-12-37-43(8)18-16-34(41(4,5)36(43)17-19-45(37,44)10)32-13-20-46(29-48,21-14-32)40(54)55/h13,16,33,35-38,49H,1,11-12,14-15,17-29H2,2-10H3,(H,54,55)/t33?,35-,36+,37-,38-,43+,44-,45-,46+,47+/m1/s1. The SMILES string of the molecule is C=C(C)C1CC[C@]2(NCCN3CCN(C(C)=O)C(C)(C)C3=O)CC[C@]3(C)[C@H](CC[C@@H]4[C@@]5(C)CC=C(C6=CC[C@](CF)(C(=O)O)CC6)C(C)(C)[C@@H]5CC[C@]43C)[C@@H]12. The summed E-state index contributed by atoms with van der Waals surface area (Å²) in [7, 11) is 0. The molecule has 2 N–H and O–H groups in total. The largest absolute Gasteiger partial charge is 0.481 e. The van der Waals surface area contributed by atoms with E-state index >= 15 is 0 Å². The van der Waals surface area contributed by atoms with Gasteiger partial charge in [-0.2, -0.15) is 0 Å². The predicted octanol–water partition coefficient (Wildman–Crippen LogP) is 9.14. The number of alkyl halides is 1. The zero-order chi connectivity index (χ0) is 40.1. The molecule has 0 aromatic heterocycles. The second-order valence-electron chi connectivity index (χ2n) is 21.5. The Morgan fingerprint density at radius 1 is 0.891 bits per heavy atom. The van der Waals surface area contributed by atoms with E-state index in [1.165, 1.54) is 55.2 Å². The maximum Gasteiger partial charge on any atom is 0.312 e. The van der Waals surface area contributed by atoms with Crippen molar-refractivity contribution < 1.29 is 23.9 Å². The molecule has 55 heavy (non-hydrogen) atoms. The molecule has 306 valence electrons. The topological polar surface area (TPSA) is 90.0 Å². The normalized spacial score (nSPS) is 43.3. The number of nitrogens with one attached hydrogen (secondary N) is 1. The van der Waals surface area contributed by atoms with Crippen LogP contribution in [-0.4, -0.2) is 76.6 Å². The number of hydrogen-bond acceptors (Lipinski definition) is 4. The molecule has 5 fully saturated rings. The van der Waals surface area contributed by atoms with Gasteiger partial charge in [-0.25, -0.2) is 4.39 Å². The Bertz CT molecular complexity index is 1680. The first-order valence-electron chi connectivity index (χ1n) is 21.8. The molecule has 0 aromatic rings. The Hall–Kier alpha value is -2.48. The van der Waals surface area contributed by atoms with Gasteiger partial charge in [0.05, 0.1) is 5.41 Å². The first-order valence-corrected chi connectivity index (χ1v) is 21.8. The summed E-state index contributed by atoms with van der Waals surface area (Å²) >= 11 is 0. The summed E-state index contributed by atoms with van der Waals surface area (Å²) in [6, 6.07) is 0. The molecule has 1 saturated heterocycles. The molecule has 1 aliphatic heterocycles. The summed E-state index contributed by atoms with van der Waals surface area (Å²) in [5.74, 6) is 1.80. The van der Waals surface area contributed by atoms with Crippen molar-refractivity contribution in [3.8, 4) is 0 Å². The molecule has 4 saturated carbocycles. The van der Waals surface area contributed by atoms with Crippen molar-refractivity contribution in [3.05, 3.63) is 35.5 Å². The van der Waals surface area contributed by atoms with Crippen molar-refractivity contribution in [2.45, 2.75) is 150 Å². The molecule has 2 amide bonds. The van der Waals surface area contributed by atoms with Crippen LogP contribution in [0.4, 0.5) is 4.39 Å². The van der Waals surface area contributed by atoms with E-state index in [2.05, 4.69) is 65.6 Å². The van der Waals surface area contributed by atoms with Crippen LogP contribution in [0.2, 0.25) is 0 Å². The Labute approximate surface area is 331 Å². The molecular formula is C47H72FN3O4. The molecule has 0 radical (unpaired) electrons. The third-order valence-electron chi connectivity index (χ3n) is 18.6. The van der Waals surface area contributed by atoms with Gasteiger partial charge in [-0.3, -0.25) is 14.4 Å². The Morgan fingerprint density at radius 2 is 1.62 bits per heavy atom. The van der Waals surface area contributed by atoms with Crippen molar-refractivity contribution in [1.82, 2.24) is 15.1 Å². The highest BCUT2D eigenvalue weighted by Crippen LogP contribution is 2.76. The van der Waals surface area contributed by atoms with E-state index in [-0.39, 0.29) is 45.4 Å². The number of carboxylic acids is 1. The summed E-state index contributed by atoms with van der Waals surface area (Å²) < 4.78 is 14.0. The number of nitrogens with zero attached hydrogens (tertiary/aromatic N) is 2. The third-order valence-corrected chi connectivity index (χ3v) is 18.6. The van der Waals surface area contributed by atoms with Crippen LogP contribution in [0.3, 0.4) is 0 Å². The number of carbonyl (C=O) groups is 3. The molecule has 7 aliphatic rings. The number of carbonyl (C=O) groups excluding carboxylic acids is 2. The smallest absolute Gasteiger partial charge is 0.312 e. The van der Waals surface area contributed by atoms with Crippen molar-refractivity contribution in [3.63, 3.8) is 0 Å². The van der Waals surface area contributed by atoms with E-state index in [1.807, 2.05) is 18.7 Å². The van der Waals surface area contributed by atoms with E-state index in [4.69, 9.17) is 0 Å². The second-order valence-corrected chi connectivity index (χ2v) is 21.5. The van der Waals surface area contributed by atoms with Crippen LogP contribution >= 0.6 is 0 Å². The van der Waals surface area contributed by atoms with E-state index < -0.39 is 23.6 Å². The van der Waals surface area contributed by atoms with Crippen molar-refractivity contribution in [2.24, 2.45) is 56.7 Å². The van der Waals surface area contributed by atoms with Crippen LogP contribution in [0.1, 0.15) is 139 Å². The van der Waals surface area contributed by atoms with Crippen LogP contribution in [0, 0.1) is 56.7 Å². The summed E-state index contributed by atoms with van der Waals surface area (Å²) in [6.45, 7) is 26.9. The fraction of sp³-hybridized carbons (Fsp3) is 0.809. The molecule has 0 bridgehead atoms. The average Bonchev–Trinajstić information content (AvgIpc) is 3.50. The number of halogens is 1. The fourth-order valence-corrected chi connectivity index (χ4v) is 15.4. The zero-order valence-electron chi connectivity index (χ0n) is 35.7. The number of rotatable bonds is 8. The van der Waals surface area contributed by atoms with Gasteiger partial charge in [-0.05, 0) is 160 Å². The first kappa shape index (κ1) is 40.7. The molecule has 1 unspecified atom stereocenters. The molecule has 0 aromatic carbocycles. The number of amides is 2. The van der Waals surface area contributed by atoms with Gasteiger partial charge in [-0.1, -0.05) is 58.9 Å². The Balaban J connectivity index is 1.12. The van der Waals surface area contributed by atoms with Crippen LogP contribution in [0.15, 0.2) is 35.5 Å². The highest BCUT2D eigenvalue weighted by molar-refractivity contribution is 5.91. The lowest BCUT2D eigenvalue weighted by atomic mass is 9.33. The van der Waals surface area contributed by atoms with E-state index in [0.29, 0.717) is 62.1 Å². The van der Waals surface area contributed by atoms with E-state index in [0.717, 1.165) is 25.8 Å². The summed E-state index contributed by atoms with van der Waals surface area (Å²) in [5.41, 5.74) is 2.53. The number of carboxylic acid groups (broad SMARTS) is 1. The molecular weight excluding hydrogens is 690 g/mol. The van der Waals surface area contributed by atoms with Gasteiger partial charge >= 0.3 is 5.97 Å². The quantitative estimate of drug-likeness (QED) is 0.241. The molecule has 7 nitrogen and oxygen atoms in total. The van der Waals surface area contributed by atoms with Gasteiger partial charge < -0.3 is 20.2 Å². The molecule has 10 atom stereocenters. The third kappa shape index (κ3) is 5.81. The fourth-order valence-electron chi connectivity index (χ4n) is 15.4. The molecule has 7 rings (SSSR count). The Kier molecular flexibility index (Phi) is 10.0. The van der Waals surface area contributed by atoms with Gasteiger partial charge in [0.1, 0.15) is 12.2 Å². The molecule has 0 spiro atoms. The van der Waals surface area contributed by atoms with Gasteiger partial charge in [0, 0.05) is 38.6 Å². The van der Waals surface area contributed by atoms with Gasteiger partial charge in [0.25, 0.3) is 0 Å². The lowest BCUT2D eigenvalue weighted by Crippen LogP contribution is -2.68. The molecule has 1 heterocycles. The van der Waals surface area contributed by atoms with Gasteiger partial charge in [0.15, 0.2) is 0 Å². The summed E-state index contributed by atoms with van der Waals surface area (Å²) in [4.78, 5) is 41.6. The number of fused-ring (bicyclic) bond motifs is 7. The minimum absolute atomic E-state index is 0.0334. The average molecular weight is 762 g/mol. The van der Waals surface area contributed by atoms with Gasteiger partial charge in [-0.15, -0.1) is 0 Å². The molecule has 8 heteroatoms. The maximum absolute atomic E-state index is 14.0. The number of piperazine rings is 1. The minimum Gasteiger partial charge on any atom is -0.481 e. The van der Waals surface area contributed by atoms with Crippen LogP contribution in [-0.2, 0) is 14.4 Å². The Morgan fingerprint density at radius 3 is 2.24 bits per heavy atom. The number of aliphatic carboxylic acids is 1. The first-order chi connectivity index (χ1) is 25.6. The zero-order valence-corrected chi connectivity index (χ0v) is 35.7. The highest BCUT2D eigenvalue weighted by atomic mass is 19.1. The summed E-state index contributed by atoms with van der Waals surface area (Å²) in [5, 5.41) is 14.0. The monoisotopic (exact) mass is 762 g/mol. The van der Waals surface area contributed by atoms with Crippen LogP contribution in [0.5, 0.6) is 0 Å². The minimum atomic E-state index is -1.27. The lowest BCUT2D eigenvalue weighted by molar-refractivity contribution is -0.221. The van der Waals surface area contributed by atoms with Crippen LogP contribution in [0.25, 0.3) is 0 Å². The number of hydrogen-bond donors (Lipinski definition) is 2. The van der Waals surface area contributed by atoms with Crippen LogP contribution < -0.4 is 5.32 Å². The maximum atomic E-state index is 14.0. The predicted molar refractivity (Wildman–Crippen MR) is 217 cm³/mol. The summed E-state index contributed by atoms with van der Waals surface area (Å²) in [6.07, 6.45) is 16.6. The van der Waals surface area contributed by atoms with E-state index in [9.17, 15) is 23.9 Å².